The molecule has 0 spiro atoms. The summed E-state index contributed by atoms with van der Waals surface area (Å²) in [6, 6.07) is 23.2. The van der Waals surface area contributed by atoms with Gasteiger partial charge in [-0.1, -0.05) is 35.9 Å². The van der Waals surface area contributed by atoms with Crippen LogP contribution in [0.25, 0.3) is 22.4 Å². The van der Waals surface area contributed by atoms with Gasteiger partial charge in [-0.15, -0.1) is 0 Å². The number of carbonyl (C=O) groups excluding carboxylic acids is 2. The summed E-state index contributed by atoms with van der Waals surface area (Å²) in [7, 11) is 0. The molecule has 0 bridgehead atoms. The lowest BCUT2D eigenvalue weighted by atomic mass is 10.0. The van der Waals surface area contributed by atoms with Crippen LogP contribution in [0.15, 0.2) is 104 Å². The van der Waals surface area contributed by atoms with E-state index in [1.165, 1.54) is 11.9 Å². The minimum absolute atomic E-state index is 0.0436. The number of rotatable bonds is 9. The van der Waals surface area contributed by atoms with Gasteiger partial charge in [0.1, 0.15) is 12.1 Å². The van der Waals surface area contributed by atoms with Crippen LogP contribution in [-0.4, -0.2) is 74.9 Å². The first-order valence-corrected chi connectivity index (χ1v) is 17.5. The first-order valence-electron chi connectivity index (χ1n) is 17.1. The molecule has 2 amide bonds. The van der Waals surface area contributed by atoms with Crippen LogP contribution in [0.3, 0.4) is 0 Å². The first kappa shape index (κ1) is 33.3. The molecule has 254 valence electrons. The van der Waals surface area contributed by atoms with Gasteiger partial charge in [-0.05, 0) is 85.3 Å². The van der Waals surface area contributed by atoms with E-state index in [0.717, 1.165) is 75.4 Å². The third-order valence-corrected chi connectivity index (χ3v) is 9.83. The van der Waals surface area contributed by atoms with Crippen LogP contribution in [0.2, 0.25) is 5.02 Å². The second kappa shape index (κ2) is 15.6. The molecule has 2 N–H and O–H groups in total. The Morgan fingerprint density at radius 2 is 1.46 bits per heavy atom. The summed E-state index contributed by atoms with van der Waals surface area (Å²) >= 11 is 6.40. The van der Waals surface area contributed by atoms with E-state index in [-0.39, 0.29) is 23.9 Å². The maximum absolute atomic E-state index is 13.1. The highest BCUT2D eigenvalue weighted by molar-refractivity contribution is 6.33. The molecule has 2 aromatic carbocycles. The predicted octanol–water partition coefficient (Wildman–Crippen LogP) is 6.05. The number of anilines is 1. The number of piperidine rings is 2. The monoisotopic (exact) mass is 686 g/mol. The summed E-state index contributed by atoms with van der Waals surface area (Å²) in [5.41, 5.74) is 5.76. The molecule has 3 aromatic heterocycles. The molecule has 2 saturated heterocycles. The molecule has 0 aliphatic carbocycles. The van der Waals surface area contributed by atoms with E-state index >= 15 is 0 Å². The van der Waals surface area contributed by atoms with Gasteiger partial charge in [0.05, 0.1) is 10.7 Å². The van der Waals surface area contributed by atoms with Crippen molar-refractivity contribution in [2.45, 2.75) is 44.3 Å². The van der Waals surface area contributed by atoms with Gasteiger partial charge < -0.3 is 15.5 Å². The first-order chi connectivity index (χ1) is 24.5. The van der Waals surface area contributed by atoms with Gasteiger partial charge in [0.25, 0.3) is 11.8 Å². The van der Waals surface area contributed by atoms with Gasteiger partial charge in [0.2, 0.25) is 0 Å². The third-order valence-electron chi connectivity index (χ3n) is 9.50. The summed E-state index contributed by atoms with van der Waals surface area (Å²) in [4.78, 5) is 48.1. The highest BCUT2D eigenvalue weighted by Crippen LogP contribution is 2.28. The summed E-state index contributed by atoms with van der Waals surface area (Å²) < 4.78 is 0. The molecule has 2 aliphatic rings. The maximum Gasteiger partial charge on any atom is 0.251 e. The Bertz CT molecular complexity index is 1910. The topological polar surface area (TPSA) is 116 Å². The van der Waals surface area contributed by atoms with Crippen LogP contribution in [-0.2, 0) is 6.54 Å². The van der Waals surface area contributed by atoms with Crippen molar-refractivity contribution < 1.29 is 9.59 Å². The number of aromatic nitrogens is 4. The van der Waals surface area contributed by atoms with Gasteiger partial charge in [-0.3, -0.25) is 19.5 Å². The number of hydrogen-bond donors (Lipinski definition) is 2. The smallest absolute Gasteiger partial charge is 0.251 e. The van der Waals surface area contributed by atoms with Crippen LogP contribution < -0.4 is 15.5 Å². The van der Waals surface area contributed by atoms with Crippen molar-refractivity contribution >= 4 is 29.2 Å². The van der Waals surface area contributed by atoms with Gasteiger partial charge in [-0.25, -0.2) is 15.0 Å². The standard InChI is InChI=1S/C39H39ClN8O2/c40-35-8-7-30(22-34(35)36-10-16-42-26-44-36)39(50)45-32-11-17-47(18-12-32)25-27-6-9-37(43-23-27)48-19-13-33(14-20-48)46-38(49)29-4-1-3-28(21-29)31-5-2-15-41-24-31/h1-10,15-16,21-24,26,32-33H,11-14,17-20,25H2,(H,45,50)(H,46,49). The molecule has 50 heavy (non-hydrogen) atoms. The summed E-state index contributed by atoms with van der Waals surface area (Å²) in [6.07, 6.45) is 12.1. The van der Waals surface area contributed by atoms with Crippen LogP contribution in [0.1, 0.15) is 52.0 Å². The number of hydrogen-bond acceptors (Lipinski definition) is 8. The van der Waals surface area contributed by atoms with Gasteiger partial charge in [0, 0.05) is 91.8 Å². The average Bonchev–Trinajstić information content (AvgIpc) is 3.17. The van der Waals surface area contributed by atoms with E-state index in [4.69, 9.17) is 16.6 Å². The van der Waals surface area contributed by atoms with E-state index < -0.39 is 0 Å². The number of nitrogens with zero attached hydrogens (tertiary/aromatic N) is 6. The minimum atomic E-state index is -0.104. The molecule has 2 aliphatic heterocycles. The van der Waals surface area contributed by atoms with Crippen LogP contribution in [0.4, 0.5) is 5.82 Å². The average molecular weight is 687 g/mol. The number of carbonyl (C=O) groups is 2. The molecule has 5 heterocycles. The molecule has 0 saturated carbocycles. The van der Waals surface area contributed by atoms with Crippen molar-refractivity contribution in [2.75, 3.05) is 31.1 Å². The lowest BCUT2D eigenvalue weighted by Crippen LogP contribution is -2.45. The Labute approximate surface area is 297 Å². The van der Waals surface area contributed by atoms with Crippen LogP contribution >= 0.6 is 11.6 Å². The number of nitrogens with one attached hydrogen (secondary N) is 2. The highest BCUT2D eigenvalue weighted by Gasteiger charge is 2.24. The minimum Gasteiger partial charge on any atom is -0.356 e. The van der Waals surface area contributed by atoms with Crippen molar-refractivity contribution in [2.24, 2.45) is 0 Å². The van der Waals surface area contributed by atoms with Crippen LogP contribution in [0, 0.1) is 0 Å². The fraction of sp³-hybridized carbons (Fsp3) is 0.282. The van der Waals surface area contributed by atoms with E-state index in [0.29, 0.717) is 27.4 Å². The number of halogens is 1. The molecule has 0 unspecified atom stereocenters. The van der Waals surface area contributed by atoms with Crippen molar-refractivity contribution in [3.05, 3.63) is 126 Å². The Balaban J connectivity index is 0.847. The SMILES string of the molecule is O=C(NC1CCN(Cc2ccc(N3CCC(NC(=O)c4cccc(-c5cccnc5)c4)CC3)nc2)CC1)c1ccc(Cl)c(-c2ccncn2)c1. The lowest BCUT2D eigenvalue weighted by Gasteiger charge is -2.34. The number of likely N-dealkylation sites (tertiary alicyclic amines) is 1. The quantitative estimate of drug-likeness (QED) is 0.193. The predicted molar refractivity (Wildman–Crippen MR) is 195 cm³/mol. The van der Waals surface area contributed by atoms with Crippen molar-refractivity contribution in [1.29, 1.82) is 0 Å². The van der Waals surface area contributed by atoms with Crippen LogP contribution in [0.5, 0.6) is 0 Å². The zero-order valence-electron chi connectivity index (χ0n) is 27.7. The highest BCUT2D eigenvalue weighted by atomic mass is 35.5. The summed E-state index contributed by atoms with van der Waals surface area (Å²) in [6.45, 7) is 4.29. The zero-order valence-corrected chi connectivity index (χ0v) is 28.5. The molecule has 10 nitrogen and oxygen atoms in total. The Kier molecular flexibility index (Phi) is 10.4. The Morgan fingerprint density at radius 3 is 2.14 bits per heavy atom. The van der Waals surface area contributed by atoms with E-state index in [2.05, 4.69) is 47.5 Å². The molecule has 0 atom stereocenters. The molecule has 2 fully saturated rings. The number of amides is 2. The van der Waals surface area contributed by atoms with Crippen molar-refractivity contribution in [3.8, 4) is 22.4 Å². The zero-order chi connectivity index (χ0) is 34.3. The Morgan fingerprint density at radius 1 is 0.720 bits per heavy atom. The van der Waals surface area contributed by atoms with E-state index in [1.54, 1.807) is 36.7 Å². The fourth-order valence-corrected chi connectivity index (χ4v) is 6.88. The van der Waals surface area contributed by atoms with E-state index in [9.17, 15) is 9.59 Å². The normalized spacial score (nSPS) is 15.8. The van der Waals surface area contributed by atoms with Crippen molar-refractivity contribution in [1.82, 2.24) is 35.5 Å². The maximum atomic E-state index is 13.1. The molecule has 7 rings (SSSR count). The van der Waals surface area contributed by atoms with Gasteiger partial charge in [0.15, 0.2) is 0 Å². The largest absolute Gasteiger partial charge is 0.356 e. The second-order valence-electron chi connectivity index (χ2n) is 12.9. The lowest BCUT2D eigenvalue weighted by molar-refractivity contribution is 0.0906. The van der Waals surface area contributed by atoms with Gasteiger partial charge >= 0.3 is 0 Å². The molecular weight excluding hydrogens is 648 g/mol. The molecular formula is C39H39ClN8O2. The number of benzene rings is 2. The number of pyridine rings is 2. The van der Waals surface area contributed by atoms with E-state index in [1.807, 2.05) is 48.8 Å². The Hall–Kier alpha value is -5.19. The third kappa shape index (κ3) is 8.15. The second-order valence-corrected chi connectivity index (χ2v) is 13.3. The summed E-state index contributed by atoms with van der Waals surface area (Å²) in [5, 5.41) is 6.98. The van der Waals surface area contributed by atoms with Crippen molar-refractivity contribution in [3.63, 3.8) is 0 Å². The molecule has 0 radical (unpaired) electrons. The fourth-order valence-electron chi connectivity index (χ4n) is 6.67. The summed E-state index contributed by atoms with van der Waals surface area (Å²) in [5.74, 6) is 0.820. The molecule has 5 aromatic rings. The van der Waals surface area contributed by atoms with Gasteiger partial charge in [-0.2, -0.15) is 0 Å². The molecule has 11 heteroatoms.